The van der Waals surface area contributed by atoms with Gasteiger partial charge < -0.3 is 14.8 Å². The summed E-state index contributed by atoms with van der Waals surface area (Å²) in [4.78, 5) is 27.5. The molecule has 1 aliphatic rings. The first-order valence-electron chi connectivity index (χ1n) is 9.99. The molecule has 0 bridgehead atoms. The van der Waals surface area contributed by atoms with Gasteiger partial charge in [-0.1, -0.05) is 23.7 Å². The first-order valence-corrected chi connectivity index (χ1v) is 10.4. The molecule has 0 saturated heterocycles. The van der Waals surface area contributed by atoms with Crippen molar-refractivity contribution in [3.63, 3.8) is 0 Å². The molecule has 0 aliphatic carbocycles. The van der Waals surface area contributed by atoms with Crippen molar-refractivity contribution >= 4 is 34.7 Å². The second kappa shape index (κ2) is 10.3. The third-order valence-corrected chi connectivity index (χ3v) is 4.86. The summed E-state index contributed by atoms with van der Waals surface area (Å²) < 4.78 is 10.8. The second-order valence-electron chi connectivity index (χ2n) is 6.65. The normalized spacial score (nSPS) is 13.9. The van der Waals surface area contributed by atoms with Gasteiger partial charge in [0.25, 0.3) is 11.8 Å². The van der Waals surface area contributed by atoms with Crippen LogP contribution in [0.1, 0.15) is 25.8 Å². The summed E-state index contributed by atoms with van der Waals surface area (Å²) >= 11 is 6.00. The van der Waals surface area contributed by atoms with Gasteiger partial charge in [-0.3, -0.25) is 14.5 Å². The molecule has 2 aromatic rings. The van der Waals surface area contributed by atoms with E-state index in [0.717, 1.165) is 5.75 Å². The number of halogens is 1. The first kappa shape index (κ1) is 21.9. The number of imide groups is 1. The van der Waals surface area contributed by atoms with Crippen LogP contribution in [0.5, 0.6) is 5.75 Å². The highest BCUT2D eigenvalue weighted by Gasteiger charge is 2.38. The molecule has 2 aromatic carbocycles. The van der Waals surface area contributed by atoms with E-state index < -0.39 is 0 Å². The molecule has 30 heavy (non-hydrogen) atoms. The van der Waals surface area contributed by atoms with Gasteiger partial charge >= 0.3 is 0 Å². The largest absolute Gasteiger partial charge is 0.494 e. The minimum atomic E-state index is -0.352. The van der Waals surface area contributed by atoms with E-state index in [1.165, 1.54) is 4.90 Å². The fraction of sp³-hybridized carbons (Fsp3) is 0.304. The zero-order valence-electron chi connectivity index (χ0n) is 17.1. The van der Waals surface area contributed by atoms with Crippen molar-refractivity contribution in [2.75, 3.05) is 31.7 Å². The van der Waals surface area contributed by atoms with Gasteiger partial charge in [0.15, 0.2) is 0 Å². The van der Waals surface area contributed by atoms with Gasteiger partial charge in [-0.05, 0) is 62.2 Å². The summed E-state index contributed by atoms with van der Waals surface area (Å²) in [6.45, 7) is 5.78. The maximum Gasteiger partial charge on any atom is 0.278 e. The van der Waals surface area contributed by atoms with E-state index in [4.69, 9.17) is 21.1 Å². The number of nitrogens with zero attached hydrogens (tertiary/aromatic N) is 1. The van der Waals surface area contributed by atoms with Crippen LogP contribution in [0, 0.1) is 0 Å². The number of hydrogen-bond acceptors (Lipinski definition) is 5. The lowest BCUT2D eigenvalue weighted by molar-refractivity contribution is -0.137. The van der Waals surface area contributed by atoms with Crippen LogP contribution in [0.2, 0.25) is 5.02 Å². The maximum atomic E-state index is 13.1. The summed E-state index contributed by atoms with van der Waals surface area (Å²) in [5.74, 6) is 0.0592. The standard InChI is InChI=1S/C23H25ClN2O4/c1-3-29-15-5-14-26-22(27)20(16-6-8-17(24)9-7-16)21(23(26)28)25-18-10-12-19(13-11-18)30-4-2/h6-13,25H,3-5,14-15H2,1-2H3. The number of amides is 2. The average molecular weight is 429 g/mol. The fourth-order valence-electron chi connectivity index (χ4n) is 3.19. The van der Waals surface area contributed by atoms with Crippen molar-refractivity contribution in [3.8, 4) is 5.75 Å². The monoisotopic (exact) mass is 428 g/mol. The smallest absolute Gasteiger partial charge is 0.278 e. The zero-order chi connectivity index (χ0) is 21.5. The van der Waals surface area contributed by atoms with Crippen LogP contribution in [-0.4, -0.2) is 43.1 Å². The lowest BCUT2D eigenvalue weighted by Gasteiger charge is -2.15. The van der Waals surface area contributed by atoms with Gasteiger partial charge in [-0.25, -0.2) is 0 Å². The highest BCUT2D eigenvalue weighted by Crippen LogP contribution is 2.31. The number of carbonyl (C=O) groups is 2. The van der Waals surface area contributed by atoms with Gasteiger partial charge in [0, 0.05) is 30.5 Å². The van der Waals surface area contributed by atoms with E-state index in [1.807, 2.05) is 38.1 Å². The Morgan fingerprint density at radius 1 is 0.933 bits per heavy atom. The minimum absolute atomic E-state index is 0.253. The molecule has 1 heterocycles. The van der Waals surface area contributed by atoms with Crippen LogP contribution in [0.4, 0.5) is 5.69 Å². The number of rotatable bonds is 10. The Kier molecular flexibility index (Phi) is 7.49. The van der Waals surface area contributed by atoms with E-state index >= 15 is 0 Å². The first-order chi connectivity index (χ1) is 14.5. The molecule has 0 saturated carbocycles. The molecule has 0 spiro atoms. The van der Waals surface area contributed by atoms with Crippen LogP contribution in [0.3, 0.4) is 0 Å². The van der Waals surface area contributed by atoms with Gasteiger partial charge in [-0.2, -0.15) is 0 Å². The summed E-state index contributed by atoms with van der Waals surface area (Å²) in [7, 11) is 0. The van der Waals surface area contributed by atoms with E-state index in [1.54, 1.807) is 24.3 Å². The molecule has 0 fully saturated rings. The Morgan fingerprint density at radius 3 is 2.27 bits per heavy atom. The molecule has 0 aromatic heterocycles. The fourth-order valence-corrected chi connectivity index (χ4v) is 3.32. The molecule has 1 N–H and O–H groups in total. The molecule has 6 nitrogen and oxygen atoms in total. The highest BCUT2D eigenvalue weighted by atomic mass is 35.5. The molecular formula is C23H25ClN2O4. The van der Waals surface area contributed by atoms with Crippen molar-refractivity contribution in [1.82, 2.24) is 4.90 Å². The quantitative estimate of drug-likeness (QED) is 0.450. The molecule has 1 aliphatic heterocycles. The van der Waals surface area contributed by atoms with Crippen molar-refractivity contribution in [3.05, 3.63) is 64.8 Å². The predicted molar refractivity (Wildman–Crippen MR) is 117 cm³/mol. The van der Waals surface area contributed by atoms with Crippen molar-refractivity contribution in [2.45, 2.75) is 20.3 Å². The van der Waals surface area contributed by atoms with E-state index in [9.17, 15) is 9.59 Å². The van der Waals surface area contributed by atoms with Crippen LogP contribution < -0.4 is 10.1 Å². The molecule has 158 valence electrons. The van der Waals surface area contributed by atoms with Crippen LogP contribution in [0.25, 0.3) is 5.57 Å². The lowest BCUT2D eigenvalue weighted by Crippen LogP contribution is -2.34. The molecule has 2 amide bonds. The third kappa shape index (κ3) is 5.01. The van der Waals surface area contributed by atoms with Gasteiger partial charge in [-0.15, -0.1) is 0 Å². The Labute approximate surface area is 181 Å². The summed E-state index contributed by atoms with van der Waals surface area (Å²) in [5.41, 5.74) is 1.92. The topological polar surface area (TPSA) is 67.9 Å². The Hall–Kier alpha value is -2.83. The number of anilines is 1. The molecule has 0 unspecified atom stereocenters. The Morgan fingerprint density at radius 2 is 1.63 bits per heavy atom. The van der Waals surface area contributed by atoms with Crippen molar-refractivity contribution in [1.29, 1.82) is 0 Å². The van der Waals surface area contributed by atoms with Gasteiger partial charge in [0.1, 0.15) is 11.4 Å². The number of hydrogen-bond donors (Lipinski definition) is 1. The summed E-state index contributed by atoms with van der Waals surface area (Å²) in [6.07, 6.45) is 0.579. The zero-order valence-corrected chi connectivity index (χ0v) is 17.9. The van der Waals surface area contributed by atoms with Gasteiger partial charge in [0.05, 0.1) is 12.2 Å². The predicted octanol–water partition coefficient (Wildman–Crippen LogP) is 4.36. The SMILES string of the molecule is CCOCCCN1C(=O)C(Nc2ccc(OCC)cc2)=C(c2ccc(Cl)cc2)C1=O. The molecule has 0 radical (unpaired) electrons. The number of benzene rings is 2. The lowest BCUT2D eigenvalue weighted by atomic mass is 10.0. The summed E-state index contributed by atoms with van der Waals surface area (Å²) in [6, 6.07) is 14.1. The van der Waals surface area contributed by atoms with Crippen LogP contribution in [0.15, 0.2) is 54.2 Å². The van der Waals surface area contributed by atoms with E-state index in [2.05, 4.69) is 5.32 Å². The maximum absolute atomic E-state index is 13.1. The van der Waals surface area contributed by atoms with Crippen molar-refractivity contribution < 1.29 is 19.1 Å². The van der Waals surface area contributed by atoms with Gasteiger partial charge in [0.2, 0.25) is 0 Å². The molecule has 7 heteroatoms. The third-order valence-electron chi connectivity index (χ3n) is 4.61. The van der Waals surface area contributed by atoms with Crippen molar-refractivity contribution in [2.24, 2.45) is 0 Å². The second-order valence-corrected chi connectivity index (χ2v) is 7.09. The van der Waals surface area contributed by atoms with E-state index in [-0.39, 0.29) is 17.5 Å². The van der Waals surface area contributed by atoms with Crippen LogP contribution >= 0.6 is 11.6 Å². The molecular weight excluding hydrogens is 404 g/mol. The average Bonchev–Trinajstić information content (AvgIpc) is 2.97. The molecule has 3 rings (SSSR count). The summed E-state index contributed by atoms with van der Waals surface area (Å²) in [5, 5.41) is 3.69. The minimum Gasteiger partial charge on any atom is -0.494 e. The van der Waals surface area contributed by atoms with E-state index in [0.29, 0.717) is 54.6 Å². The number of ether oxygens (including phenoxy) is 2. The number of carbonyl (C=O) groups excluding carboxylic acids is 2. The molecule has 0 atom stereocenters. The highest BCUT2D eigenvalue weighted by molar-refractivity contribution is 6.36. The Balaban J connectivity index is 1.89. The van der Waals surface area contributed by atoms with Crippen LogP contribution in [-0.2, 0) is 14.3 Å². The Bertz CT molecular complexity index is 923. The number of nitrogens with one attached hydrogen (secondary N) is 1.